The summed E-state index contributed by atoms with van der Waals surface area (Å²) in [6.45, 7) is 9.82. The van der Waals surface area contributed by atoms with Crippen LogP contribution < -0.4 is 5.32 Å². The van der Waals surface area contributed by atoms with Crippen molar-refractivity contribution in [2.24, 2.45) is 4.99 Å². The Hall–Kier alpha value is -1.32. The van der Waals surface area contributed by atoms with Crippen molar-refractivity contribution < 1.29 is 14.4 Å². The summed E-state index contributed by atoms with van der Waals surface area (Å²) in [7, 11) is 1.78. The molecule has 0 aromatic heterocycles. The summed E-state index contributed by atoms with van der Waals surface area (Å²) in [5, 5.41) is 2.89. The maximum Gasteiger partial charge on any atom is 0.235 e. The molecule has 17 heavy (non-hydrogen) atoms. The van der Waals surface area contributed by atoms with Gasteiger partial charge in [0, 0.05) is 0 Å². The third kappa shape index (κ3) is 7.55. The predicted octanol–water partition coefficient (Wildman–Crippen LogP) is 1.26. The number of nitrogens with zero attached hydrogens (tertiary/aromatic N) is 1. The van der Waals surface area contributed by atoms with Gasteiger partial charge in [0.15, 0.2) is 5.78 Å². The summed E-state index contributed by atoms with van der Waals surface area (Å²) in [6.07, 6.45) is 1.34. The zero-order valence-electron chi connectivity index (χ0n) is 11.7. The lowest BCUT2D eigenvalue weighted by Gasteiger charge is -2.19. The van der Waals surface area contributed by atoms with E-state index in [2.05, 4.69) is 10.3 Å². The number of nitrogens with one attached hydrogen (secondary N) is 1. The van der Waals surface area contributed by atoms with Crippen molar-refractivity contribution in [3.05, 3.63) is 0 Å². The molecule has 0 aliphatic carbocycles. The Morgan fingerprint density at radius 2 is 1.47 bits per heavy atom. The van der Waals surface area contributed by atoms with Crippen LogP contribution in [0.5, 0.6) is 0 Å². The molecule has 0 aromatic rings. The molecule has 0 spiro atoms. The Morgan fingerprint density at radius 1 is 1.06 bits per heavy atom. The van der Waals surface area contributed by atoms with E-state index in [0.717, 1.165) is 0 Å². The molecule has 0 rings (SSSR count). The molecule has 0 fully saturated rings. The van der Waals surface area contributed by atoms with Crippen molar-refractivity contribution in [3.63, 3.8) is 0 Å². The van der Waals surface area contributed by atoms with Crippen molar-refractivity contribution in [1.82, 2.24) is 5.32 Å². The fourth-order valence-electron chi connectivity index (χ4n) is 0.369. The normalized spacial score (nSPS) is 10.8. The highest BCUT2D eigenvalue weighted by Gasteiger charge is 2.21. The first-order valence-corrected chi connectivity index (χ1v) is 5.31. The molecular weight excluding hydrogens is 220 g/mol. The van der Waals surface area contributed by atoms with Gasteiger partial charge >= 0.3 is 0 Å². The minimum Gasteiger partial charge on any atom is -0.308 e. The molecule has 0 saturated heterocycles. The van der Waals surface area contributed by atoms with Crippen LogP contribution in [0, 0.1) is 0 Å². The molecule has 0 aliphatic rings. The lowest BCUT2D eigenvalue weighted by atomic mass is 10.0. The van der Waals surface area contributed by atoms with E-state index in [1.165, 1.54) is 13.0 Å². The summed E-state index contributed by atoms with van der Waals surface area (Å²) < 4.78 is 0. The number of rotatable bonds is 4. The monoisotopic (exact) mass is 242 g/mol. The molecule has 1 N–H and O–H groups in total. The first-order chi connectivity index (χ1) is 7.51. The Labute approximate surface area is 103 Å². The van der Waals surface area contributed by atoms with Crippen LogP contribution in [-0.4, -0.2) is 35.8 Å². The molecule has 0 atom stereocenters. The minimum atomic E-state index is -0.887. The van der Waals surface area contributed by atoms with Gasteiger partial charge in [0.2, 0.25) is 6.08 Å². The Bertz CT molecular complexity index is 323. The molecule has 0 aromatic carbocycles. The lowest BCUT2D eigenvalue weighted by Crippen LogP contribution is -2.42. The molecule has 0 aliphatic heterocycles. The third-order valence-electron chi connectivity index (χ3n) is 2.69. The van der Waals surface area contributed by atoms with Crippen LogP contribution in [0.1, 0.15) is 41.5 Å². The Morgan fingerprint density at radius 3 is 1.53 bits per heavy atom. The third-order valence-corrected chi connectivity index (χ3v) is 2.69. The van der Waals surface area contributed by atoms with Gasteiger partial charge in [-0.1, -0.05) is 0 Å². The number of ketones is 2. The Kier molecular flexibility index (Phi) is 7.53. The van der Waals surface area contributed by atoms with Crippen LogP contribution in [0.25, 0.3) is 0 Å². The number of isocyanates is 1. The number of hydrogen-bond acceptors (Lipinski definition) is 5. The van der Waals surface area contributed by atoms with E-state index < -0.39 is 5.54 Å². The molecule has 5 nitrogen and oxygen atoms in total. The number of carbonyl (C=O) groups is 2. The first kappa shape index (κ1) is 18.1. The van der Waals surface area contributed by atoms with Gasteiger partial charge in [-0.2, -0.15) is 4.99 Å². The van der Waals surface area contributed by atoms with Crippen LogP contribution in [0.2, 0.25) is 0 Å². The average molecular weight is 242 g/mol. The van der Waals surface area contributed by atoms with Gasteiger partial charge in [-0.15, -0.1) is 0 Å². The molecule has 0 unspecified atom stereocenters. The van der Waals surface area contributed by atoms with Crippen LogP contribution in [0.15, 0.2) is 4.99 Å². The number of carbonyl (C=O) groups excluding carboxylic acids is 3. The number of aliphatic imine (C=N–C) groups is 1. The summed E-state index contributed by atoms with van der Waals surface area (Å²) in [5.74, 6) is 0.0332. The summed E-state index contributed by atoms with van der Waals surface area (Å²) in [4.78, 5) is 34.2. The van der Waals surface area contributed by atoms with E-state index in [9.17, 15) is 14.4 Å². The van der Waals surface area contributed by atoms with Crippen LogP contribution >= 0.6 is 0 Å². The van der Waals surface area contributed by atoms with E-state index in [1.807, 2.05) is 13.8 Å². The van der Waals surface area contributed by atoms with Gasteiger partial charge in [0.1, 0.15) is 11.3 Å². The van der Waals surface area contributed by atoms with Gasteiger partial charge in [0.05, 0.1) is 5.54 Å². The average Bonchev–Trinajstić information content (AvgIpc) is 2.18. The van der Waals surface area contributed by atoms with Crippen molar-refractivity contribution in [2.45, 2.75) is 52.6 Å². The standard InChI is InChI=1S/C6H9NO2.C6H13NO/c1-5(9)6(2,3)7-4-8;1-5(8)6(2,3)7-4/h1-3H3;7H,1-4H3. The maximum absolute atomic E-state index is 10.6. The van der Waals surface area contributed by atoms with Crippen LogP contribution in [-0.2, 0) is 14.4 Å². The second-order valence-electron chi connectivity index (χ2n) is 4.75. The van der Waals surface area contributed by atoms with Gasteiger partial charge in [-0.3, -0.25) is 9.59 Å². The molecule has 0 saturated carbocycles. The van der Waals surface area contributed by atoms with Gasteiger partial charge in [-0.05, 0) is 48.6 Å². The Balaban J connectivity index is 0. The molecule has 0 amide bonds. The minimum absolute atomic E-state index is 0.133. The van der Waals surface area contributed by atoms with Crippen molar-refractivity contribution in [3.8, 4) is 0 Å². The highest BCUT2D eigenvalue weighted by atomic mass is 16.1. The fourth-order valence-corrected chi connectivity index (χ4v) is 0.369. The highest BCUT2D eigenvalue weighted by Crippen LogP contribution is 2.07. The molecular formula is C12H22N2O3. The zero-order chi connectivity index (χ0) is 14.3. The highest BCUT2D eigenvalue weighted by molar-refractivity contribution is 5.86. The van der Waals surface area contributed by atoms with E-state index in [4.69, 9.17) is 0 Å². The molecule has 98 valence electrons. The maximum atomic E-state index is 10.6. The van der Waals surface area contributed by atoms with E-state index >= 15 is 0 Å². The SMILES string of the molecule is CC(=O)C(C)(C)N=C=O.CNC(C)(C)C(C)=O. The van der Waals surface area contributed by atoms with Crippen molar-refractivity contribution in [2.75, 3.05) is 7.05 Å². The quantitative estimate of drug-likeness (QED) is 0.595. The van der Waals surface area contributed by atoms with Crippen molar-refractivity contribution in [1.29, 1.82) is 0 Å². The molecule has 0 bridgehead atoms. The zero-order valence-corrected chi connectivity index (χ0v) is 11.7. The van der Waals surface area contributed by atoms with Crippen molar-refractivity contribution >= 4 is 17.6 Å². The summed E-state index contributed by atoms with van der Waals surface area (Å²) >= 11 is 0. The van der Waals surface area contributed by atoms with E-state index in [0.29, 0.717) is 0 Å². The fraction of sp³-hybridized carbons (Fsp3) is 0.750. The second-order valence-corrected chi connectivity index (χ2v) is 4.75. The number of likely N-dealkylation sites (N-methyl/N-ethyl adjacent to an activating group) is 1. The predicted molar refractivity (Wildman–Crippen MR) is 66.7 cm³/mol. The largest absolute Gasteiger partial charge is 0.308 e. The van der Waals surface area contributed by atoms with E-state index in [1.54, 1.807) is 27.8 Å². The van der Waals surface area contributed by atoms with Crippen LogP contribution in [0.3, 0.4) is 0 Å². The summed E-state index contributed by atoms with van der Waals surface area (Å²) in [5.41, 5.74) is -1.23. The number of hydrogen-bond donors (Lipinski definition) is 1. The molecule has 5 heteroatoms. The topological polar surface area (TPSA) is 75.6 Å². The van der Waals surface area contributed by atoms with Crippen LogP contribution in [0.4, 0.5) is 0 Å². The molecule has 0 heterocycles. The number of Topliss-reactive ketones (excluding diaryl/α,β-unsaturated/α-hetero) is 2. The lowest BCUT2D eigenvalue weighted by molar-refractivity contribution is -0.122. The second kappa shape index (κ2) is 7.09. The van der Waals surface area contributed by atoms with Gasteiger partial charge < -0.3 is 5.32 Å². The van der Waals surface area contributed by atoms with Gasteiger partial charge in [-0.25, -0.2) is 4.79 Å². The first-order valence-electron chi connectivity index (χ1n) is 5.31. The van der Waals surface area contributed by atoms with E-state index in [-0.39, 0.29) is 17.1 Å². The smallest absolute Gasteiger partial charge is 0.235 e. The van der Waals surface area contributed by atoms with Gasteiger partial charge in [0.25, 0.3) is 0 Å². The molecule has 0 radical (unpaired) electrons. The summed E-state index contributed by atoms with van der Waals surface area (Å²) in [6, 6.07) is 0.